The van der Waals surface area contributed by atoms with Crippen molar-refractivity contribution in [3.63, 3.8) is 0 Å². The molecule has 1 aliphatic rings. The van der Waals surface area contributed by atoms with Crippen molar-refractivity contribution >= 4 is 5.96 Å². The minimum absolute atomic E-state index is 0.628. The third-order valence-corrected chi connectivity index (χ3v) is 3.69. The van der Waals surface area contributed by atoms with Gasteiger partial charge >= 0.3 is 0 Å². The van der Waals surface area contributed by atoms with Gasteiger partial charge in [-0.1, -0.05) is 0 Å². The van der Waals surface area contributed by atoms with Crippen LogP contribution in [0.1, 0.15) is 19.8 Å². The molecular formula is C15H27N5O. The highest BCUT2D eigenvalue weighted by molar-refractivity contribution is 5.80. The van der Waals surface area contributed by atoms with Crippen LogP contribution in [0.15, 0.2) is 23.5 Å². The predicted octanol–water partition coefficient (Wildman–Crippen LogP) is 1.21. The average molecular weight is 293 g/mol. The third-order valence-electron chi connectivity index (χ3n) is 3.69. The van der Waals surface area contributed by atoms with Crippen LogP contribution in [0.2, 0.25) is 0 Å². The highest BCUT2D eigenvalue weighted by Gasteiger charge is 2.24. The number of guanidine groups is 1. The lowest BCUT2D eigenvalue weighted by molar-refractivity contribution is 0.157. The molecule has 6 nitrogen and oxygen atoms in total. The van der Waals surface area contributed by atoms with Gasteiger partial charge in [-0.25, -0.2) is 0 Å². The highest BCUT2D eigenvalue weighted by Crippen LogP contribution is 2.16. The van der Waals surface area contributed by atoms with Gasteiger partial charge in [0.25, 0.3) is 0 Å². The van der Waals surface area contributed by atoms with E-state index in [0.717, 1.165) is 51.7 Å². The molecule has 6 heteroatoms. The molecule has 1 unspecified atom stereocenters. The van der Waals surface area contributed by atoms with Gasteiger partial charge in [0.1, 0.15) is 0 Å². The SMILES string of the molecule is CCNC(=NCCCn1cccn1)N1CCC(COC)C1. The number of likely N-dealkylation sites (tertiary alicyclic amines) is 1. The smallest absolute Gasteiger partial charge is 0.193 e. The van der Waals surface area contributed by atoms with Gasteiger partial charge in [0.15, 0.2) is 5.96 Å². The fraction of sp³-hybridized carbons (Fsp3) is 0.733. The van der Waals surface area contributed by atoms with Gasteiger partial charge in [0.2, 0.25) is 0 Å². The molecule has 0 spiro atoms. The Hall–Kier alpha value is -1.56. The summed E-state index contributed by atoms with van der Waals surface area (Å²) in [5, 5.41) is 7.60. The summed E-state index contributed by atoms with van der Waals surface area (Å²) in [6.45, 7) is 7.72. The number of nitrogens with one attached hydrogen (secondary N) is 1. The molecule has 0 bridgehead atoms. The molecule has 0 saturated carbocycles. The largest absolute Gasteiger partial charge is 0.384 e. The van der Waals surface area contributed by atoms with E-state index in [4.69, 9.17) is 9.73 Å². The second-order valence-corrected chi connectivity index (χ2v) is 5.41. The molecule has 1 fully saturated rings. The van der Waals surface area contributed by atoms with Crippen molar-refractivity contribution in [3.8, 4) is 0 Å². The van der Waals surface area contributed by atoms with Crippen molar-refractivity contribution in [2.45, 2.75) is 26.3 Å². The van der Waals surface area contributed by atoms with Crippen molar-refractivity contribution < 1.29 is 4.74 Å². The van der Waals surface area contributed by atoms with Gasteiger partial charge in [0.05, 0.1) is 6.61 Å². The Balaban J connectivity index is 1.79. The predicted molar refractivity (Wildman–Crippen MR) is 84.4 cm³/mol. The summed E-state index contributed by atoms with van der Waals surface area (Å²) in [6, 6.07) is 1.95. The maximum atomic E-state index is 5.26. The number of rotatable bonds is 7. The topological polar surface area (TPSA) is 54.7 Å². The fourth-order valence-electron chi connectivity index (χ4n) is 2.67. The first-order valence-electron chi connectivity index (χ1n) is 7.83. The zero-order chi connectivity index (χ0) is 14.9. The normalized spacial score (nSPS) is 19.2. The van der Waals surface area contributed by atoms with E-state index < -0.39 is 0 Å². The van der Waals surface area contributed by atoms with Crippen molar-refractivity contribution in [1.82, 2.24) is 20.0 Å². The first kappa shape index (κ1) is 15.8. The first-order valence-corrected chi connectivity index (χ1v) is 7.83. The van der Waals surface area contributed by atoms with Crippen LogP contribution in [-0.4, -0.2) is 60.5 Å². The Bertz CT molecular complexity index is 418. The molecule has 0 amide bonds. The summed E-state index contributed by atoms with van der Waals surface area (Å²) in [5.74, 6) is 1.67. The zero-order valence-corrected chi connectivity index (χ0v) is 13.2. The standard InChI is InChI=1S/C15H27N5O/c1-3-16-15(19-11-6-14(12-19)13-21-2)17-7-4-9-20-10-5-8-18-20/h5,8,10,14H,3-4,6-7,9,11-13H2,1-2H3,(H,16,17). The van der Waals surface area contributed by atoms with Crippen molar-refractivity contribution in [3.05, 3.63) is 18.5 Å². The lowest BCUT2D eigenvalue weighted by atomic mass is 10.1. The Morgan fingerprint density at radius 3 is 3.14 bits per heavy atom. The monoisotopic (exact) mass is 293 g/mol. The van der Waals surface area contributed by atoms with Crippen LogP contribution in [-0.2, 0) is 11.3 Å². The average Bonchev–Trinajstić information content (AvgIpc) is 3.14. The molecule has 2 heterocycles. The number of hydrogen-bond acceptors (Lipinski definition) is 3. The number of ether oxygens (including phenoxy) is 1. The van der Waals surface area contributed by atoms with Gasteiger partial charge in [-0.15, -0.1) is 0 Å². The second-order valence-electron chi connectivity index (χ2n) is 5.41. The van der Waals surface area contributed by atoms with Crippen LogP contribution in [0, 0.1) is 5.92 Å². The van der Waals surface area contributed by atoms with E-state index in [1.807, 2.05) is 23.1 Å². The lowest BCUT2D eigenvalue weighted by Crippen LogP contribution is -2.40. The maximum Gasteiger partial charge on any atom is 0.193 e. The van der Waals surface area contributed by atoms with Gasteiger partial charge in [-0.05, 0) is 25.8 Å². The van der Waals surface area contributed by atoms with Crippen LogP contribution >= 0.6 is 0 Å². The summed E-state index contributed by atoms with van der Waals surface area (Å²) >= 11 is 0. The summed E-state index contributed by atoms with van der Waals surface area (Å²) in [5.41, 5.74) is 0. The molecule has 1 saturated heterocycles. The molecule has 1 N–H and O–H groups in total. The molecule has 0 aromatic carbocycles. The van der Waals surface area contributed by atoms with Gasteiger partial charge in [0, 0.05) is 58.1 Å². The molecule has 0 aliphatic carbocycles. The number of hydrogen-bond donors (Lipinski definition) is 1. The molecule has 1 atom stereocenters. The van der Waals surface area contributed by atoms with Gasteiger partial charge in [-0.2, -0.15) is 5.10 Å². The molecular weight excluding hydrogens is 266 g/mol. The van der Waals surface area contributed by atoms with E-state index in [9.17, 15) is 0 Å². The number of methoxy groups -OCH3 is 1. The van der Waals surface area contributed by atoms with Crippen LogP contribution in [0.3, 0.4) is 0 Å². The van der Waals surface area contributed by atoms with E-state index in [1.165, 1.54) is 6.42 Å². The van der Waals surface area contributed by atoms with E-state index in [-0.39, 0.29) is 0 Å². The lowest BCUT2D eigenvalue weighted by Gasteiger charge is -2.21. The first-order chi connectivity index (χ1) is 10.3. The number of aromatic nitrogens is 2. The Morgan fingerprint density at radius 1 is 1.52 bits per heavy atom. The number of nitrogens with zero attached hydrogens (tertiary/aromatic N) is 4. The van der Waals surface area contributed by atoms with Crippen LogP contribution in [0.25, 0.3) is 0 Å². The number of aryl methyl sites for hydroxylation is 1. The Kier molecular flexibility index (Phi) is 6.53. The van der Waals surface area contributed by atoms with E-state index >= 15 is 0 Å². The van der Waals surface area contributed by atoms with Gasteiger partial charge in [-0.3, -0.25) is 9.67 Å². The van der Waals surface area contributed by atoms with Crippen LogP contribution in [0.5, 0.6) is 0 Å². The molecule has 0 radical (unpaired) electrons. The third kappa shape index (κ3) is 5.04. The summed E-state index contributed by atoms with van der Waals surface area (Å²) in [6.07, 6.45) is 6.00. The summed E-state index contributed by atoms with van der Waals surface area (Å²) in [4.78, 5) is 7.09. The Morgan fingerprint density at radius 2 is 2.43 bits per heavy atom. The zero-order valence-electron chi connectivity index (χ0n) is 13.2. The molecule has 1 aromatic heterocycles. The molecule has 1 aromatic rings. The van der Waals surface area contributed by atoms with E-state index in [2.05, 4.69) is 22.2 Å². The molecule has 21 heavy (non-hydrogen) atoms. The summed E-state index contributed by atoms with van der Waals surface area (Å²) < 4.78 is 7.21. The van der Waals surface area contributed by atoms with Crippen LogP contribution < -0.4 is 5.32 Å². The van der Waals surface area contributed by atoms with Crippen molar-refractivity contribution in [2.24, 2.45) is 10.9 Å². The minimum atomic E-state index is 0.628. The van der Waals surface area contributed by atoms with E-state index in [1.54, 1.807) is 7.11 Å². The number of aliphatic imine (C=N–C) groups is 1. The maximum absolute atomic E-state index is 5.26. The van der Waals surface area contributed by atoms with Crippen LogP contribution in [0.4, 0.5) is 0 Å². The molecule has 118 valence electrons. The Labute approximate surface area is 127 Å². The summed E-state index contributed by atoms with van der Waals surface area (Å²) in [7, 11) is 1.78. The fourth-order valence-corrected chi connectivity index (χ4v) is 2.67. The van der Waals surface area contributed by atoms with E-state index in [0.29, 0.717) is 5.92 Å². The highest BCUT2D eigenvalue weighted by atomic mass is 16.5. The second kappa shape index (κ2) is 8.67. The molecule has 1 aliphatic heterocycles. The van der Waals surface area contributed by atoms with Crippen molar-refractivity contribution in [1.29, 1.82) is 0 Å². The minimum Gasteiger partial charge on any atom is -0.384 e. The quantitative estimate of drug-likeness (QED) is 0.466. The van der Waals surface area contributed by atoms with Crippen molar-refractivity contribution in [2.75, 3.05) is 39.9 Å². The molecule has 2 rings (SSSR count). The van der Waals surface area contributed by atoms with Gasteiger partial charge < -0.3 is 15.0 Å².